The van der Waals surface area contributed by atoms with Gasteiger partial charge < -0.3 is 44.8 Å². The zero-order valence-corrected chi connectivity index (χ0v) is 35.0. The fourth-order valence-electron chi connectivity index (χ4n) is 7.10. The Kier molecular flexibility index (Phi) is 18.9. The number of hydrogen-bond acceptors (Lipinski definition) is 17. The van der Waals surface area contributed by atoms with Crippen molar-refractivity contribution >= 4 is 17.9 Å². The van der Waals surface area contributed by atoms with Crippen LogP contribution in [0.15, 0.2) is 0 Å². The fourth-order valence-corrected chi connectivity index (χ4v) is 7.10. The standard InChI is InChI=1S/C38H73N5O12/c1-34(2,3)53-30(49)20-40-12-10-39(18-29(48)19-43-23-37(25-44,26-45)33(52)38(24-43,27-46)28-47)11-13-41(21-31(50)54-35(4,5)6)15-17-42(16-14-40)22-32(51)55-36(7,8)9/h29,33,44-48,52H,10-28H2,1-9H3. The number of ether oxygens (including phenoxy) is 3. The summed E-state index contributed by atoms with van der Waals surface area (Å²) < 4.78 is 16.9. The molecule has 2 rings (SSSR count). The van der Waals surface area contributed by atoms with Gasteiger partial charge in [-0.2, -0.15) is 0 Å². The number of hydrogen-bond donors (Lipinski definition) is 6. The van der Waals surface area contributed by atoms with Gasteiger partial charge in [-0.15, -0.1) is 0 Å². The maximum Gasteiger partial charge on any atom is 0.320 e. The van der Waals surface area contributed by atoms with E-state index in [1.807, 2.05) is 19.6 Å². The molecule has 0 bridgehead atoms. The van der Waals surface area contributed by atoms with Gasteiger partial charge >= 0.3 is 17.9 Å². The van der Waals surface area contributed by atoms with E-state index in [1.165, 1.54) is 0 Å². The molecule has 0 aromatic heterocycles. The molecule has 2 aliphatic rings. The van der Waals surface area contributed by atoms with Crippen molar-refractivity contribution in [1.29, 1.82) is 0 Å². The molecule has 0 spiro atoms. The van der Waals surface area contributed by atoms with E-state index < -0.39 is 78.2 Å². The van der Waals surface area contributed by atoms with Crippen molar-refractivity contribution in [2.75, 3.05) is 125 Å². The molecule has 17 heteroatoms. The quantitative estimate of drug-likeness (QED) is 0.0847. The highest BCUT2D eigenvalue weighted by Crippen LogP contribution is 2.40. The number of rotatable bonds is 14. The molecule has 322 valence electrons. The van der Waals surface area contributed by atoms with Gasteiger partial charge in [0.1, 0.15) is 16.8 Å². The molecule has 2 saturated heterocycles. The number of carbonyl (C=O) groups excluding carboxylic acids is 3. The Morgan fingerprint density at radius 2 is 0.782 bits per heavy atom. The molecule has 0 saturated carbocycles. The van der Waals surface area contributed by atoms with E-state index in [2.05, 4.69) is 0 Å². The Morgan fingerprint density at radius 3 is 1.04 bits per heavy atom. The van der Waals surface area contributed by atoms with E-state index in [0.717, 1.165) is 0 Å². The van der Waals surface area contributed by atoms with Crippen LogP contribution in [-0.2, 0) is 28.6 Å². The van der Waals surface area contributed by atoms with E-state index in [4.69, 9.17) is 14.2 Å². The van der Waals surface area contributed by atoms with Gasteiger partial charge in [0.25, 0.3) is 0 Å². The SMILES string of the molecule is CC(C)(C)OC(=O)CN1CCN(CC(=O)OC(C)(C)C)CCN(CC(O)CN2CC(CO)(CO)C(O)C(CO)(CO)C2)CCN(CC(=O)OC(C)(C)C)CC1. The lowest BCUT2D eigenvalue weighted by Gasteiger charge is -2.54. The van der Waals surface area contributed by atoms with Crippen LogP contribution < -0.4 is 0 Å². The van der Waals surface area contributed by atoms with E-state index >= 15 is 0 Å². The van der Waals surface area contributed by atoms with E-state index in [1.54, 1.807) is 67.2 Å². The third-order valence-corrected chi connectivity index (χ3v) is 9.68. The normalized spacial score (nSPS) is 21.7. The number of piperidine rings is 1. The monoisotopic (exact) mass is 792 g/mol. The van der Waals surface area contributed by atoms with Gasteiger partial charge in [-0.1, -0.05) is 0 Å². The molecule has 2 aliphatic heterocycles. The molecule has 2 fully saturated rings. The maximum absolute atomic E-state index is 13.0. The average molecular weight is 792 g/mol. The molecule has 2 heterocycles. The molecule has 1 atom stereocenters. The summed E-state index contributed by atoms with van der Waals surface area (Å²) in [6, 6.07) is 0. The highest BCUT2D eigenvalue weighted by atomic mass is 16.6. The first-order valence-corrected chi connectivity index (χ1v) is 19.4. The first-order chi connectivity index (χ1) is 25.4. The summed E-state index contributed by atoms with van der Waals surface area (Å²) >= 11 is 0. The minimum absolute atomic E-state index is 0.00359. The van der Waals surface area contributed by atoms with E-state index in [9.17, 15) is 45.0 Å². The molecule has 0 aromatic rings. The van der Waals surface area contributed by atoms with Crippen LogP contribution in [0.1, 0.15) is 62.3 Å². The zero-order valence-electron chi connectivity index (χ0n) is 35.0. The maximum atomic E-state index is 13.0. The number of nitrogens with zero attached hydrogens (tertiary/aromatic N) is 5. The van der Waals surface area contributed by atoms with Crippen molar-refractivity contribution in [3.05, 3.63) is 0 Å². The highest BCUT2D eigenvalue weighted by Gasteiger charge is 2.55. The molecule has 0 radical (unpaired) electrons. The largest absolute Gasteiger partial charge is 0.459 e. The molecular weight excluding hydrogens is 718 g/mol. The van der Waals surface area contributed by atoms with Gasteiger partial charge in [0.05, 0.1) is 69.1 Å². The fraction of sp³-hybridized carbons (Fsp3) is 0.921. The summed E-state index contributed by atoms with van der Waals surface area (Å²) in [6.07, 6.45) is -2.36. The number of carbonyl (C=O) groups is 3. The van der Waals surface area contributed by atoms with Crippen molar-refractivity contribution in [2.45, 2.75) is 91.3 Å². The van der Waals surface area contributed by atoms with Gasteiger partial charge in [0.2, 0.25) is 0 Å². The Bertz CT molecular complexity index is 1130. The van der Waals surface area contributed by atoms with Gasteiger partial charge in [0, 0.05) is 78.5 Å². The summed E-state index contributed by atoms with van der Waals surface area (Å²) in [5, 5.41) is 63.4. The third kappa shape index (κ3) is 17.2. The molecule has 1 unspecified atom stereocenters. The highest BCUT2D eigenvalue weighted by molar-refractivity contribution is 5.73. The smallest absolute Gasteiger partial charge is 0.320 e. The van der Waals surface area contributed by atoms with Gasteiger partial charge in [-0.05, 0) is 62.3 Å². The summed E-state index contributed by atoms with van der Waals surface area (Å²) in [6.45, 7) is 17.4. The van der Waals surface area contributed by atoms with Crippen molar-refractivity contribution in [3.8, 4) is 0 Å². The second-order valence-electron chi connectivity index (χ2n) is 18.5. The minimum atomic E-state index is -1.43. The van der Waals surface area contributed by atoms with Crippen molar-refractivity contribution in [2.24, 2.45) is 10.8 Å². The lowest BCUT2D eigenvalue weighted by Crippen LogP contribution is -2.68. The number of aliphatic hydroxyl groups excluding tert-OH is 6. The van der Waals surface area contributed by atoms with Crippen LogP contribution in [0.3, 0.4) is 0 Å². The van der Waals surface area contributed by atoms with Gasteiger partial charge in [-0.3, -0.25) is 38.9 Å². The van der Waals surface area contributed by atoms with E-state index in [-0.39, 0.29) is 51.8 Å². The second-order valence-corrected chi connectivity index (χ2v) is 18.5. The first kappa shape index (κ1) is 49.1. The average Bonchev–Trinajstić information content (AvgIpc) is 3.04. The van der Waals surface area contributed by atoms with Gasteiger partial charge in [-0.25, -0.2) is 0 Å². The molecule has 17 nitrogen and oxygen atoms in total. The van der Waals surface area contributed by atoms with Crippen LogP contribution in [0.25, 0.3) is 0 Å². The van der Waals surface area contributed by atoms with E-state index in [0.29, 0.717) is 52.4 Å². The van der Waals surface area contributed by atoms with Crippen LogP contribution >= 0.6 is 0 Å². The van der Waals surface area contributed by atoms with Crippen LogP contribution in [0.4, 0.5) is 0 Å². The Labute approximate surface area is 328 Å². The van der Waals surface area contributed by atoms with Crippen molar-refractivity contribution in [3.63, 3.8) is 0 Å². The minimum Gasteiger partial charge on any atom is -0.459 e. The molecular formula is C38H73N5O12. The molecule has 0 amide bonds. The Balaban J connectivity index is 2.37. The topological polar surface area (TPSA) is 216 Å². The lowest BCUT2D eigenvalue weighted by atomic mass is 9.65. The first-order valence-electron chi connectivity index (χ1n) is 19.4. The summed E-state index contributed by atoms with van der Waals surface area (Å²) in [5.41, 5.74) is -4.90. The number of aliphatic hydroxyl groups is 6. The summed E-state index contributed by atoms with van der Waals surface area (Å²) in [5.74, 6) is -1.17. The lowest BCUT2D eigenvalue weighted by molar-refractivity contribution is -0.196. The van der Waals surface area contributed by atoms with Crippen LogP contribution in [-0.4, -0.2) is 227 Å². The Hall–Kier alpha value is -2.03. The van der Waals surface area contributed by atoms with Gasteiger partial charge in [0.15, 0.2) is 0 Å². The number of β-amino-alcohol motifs (C(OH)–C–C–N with tert-alkyl or cyclic N) is 1. The second kappa shape index (κ2) is 21.1. The predicted molar refractivity (Wildman–Crippen MR) is 205 cm³/mol. The summed E-state index contributed by atoms with van der Waals surface area (Å²) in [7, 11) is 0. The third-order valence-electron chi connectivity index (χ3n) is 9.68. The zero-order chi connectivity index (χ0) is 41.8. The summed E-state index contributed by atoms with van der Waals surface area (Å²) in [4.78, 5) is 48.6. The Morgan fingerprint density at radius 1 is 0.527 bits per heavy atom. The molecule has 55 heavy (non-hydrogen) atoms. The molecule has 6 N–H and O–H groups in total. The van der Waals surface area contributed by atoms with Crippen LogP contribution in [0, 0.1) is 10.8 Å². The molecule has 0 aromatic carbocycles. The van der Waals surface area contributed by atoms with Crippen molar-refractivity contribution < 1.29 is 59.2 Å². The molecule has 0 aliphatic carbocycles. The van der Waals surface area contributed by atoms with Crippen molar-refractivity contribution in [1.82, 2.24) is 24.5 Å². The van der Waals surface area contributed by atoms with Crippen LogP contribution in [0.5, 0.6) is 0 Å². The number of likely N-dealkylation sites (tertiary alicyclic amines) is 1. The van der Waals surface area contributed by atoms with Crippen LogP contribution in [0.2, 0.25) is 0 Å². The predicted octanol–water partition coefficient (Wildman–Crippen LogP) is -1.79. The number of esters is 3.